The van der Waals surface area contributed by atoms with E-state index in [1.165, 1.54) is 38.2 Å². The monoisotopic (exact) mass is 295 g/mol. The van der Waals surface area contributed by atoms with Crippen molar-refractivity contribution in [2.24, 2.45) is 0 Å². The Balaban J connectivity index is 2.71. The van der Waals surface area contributed by atoms with Gasteiger partial charge in [-0.15, -0.1) is 11.3 Å². The summed E-state index contributed by atoms with van der Waals surface area (Å²) in [6.07, 6.45) is 0. The van der Waals surface area contributed by atoms with Gasteiger partial charge in [-0.25, -0.2) is 9.78 Å². The third-order valence-electron chi connectivity index (χ3n) is 2.71. The van der Waals surface area contributed by atoms with Crippen molar-refractivity contribution in [2.75, 3.05) is 21.3 Å². The molecule has 20 heavy (non-hydrogen) atoms. The lowest BCUT2D eigenvalue weighted by Crippen LogP contribution is -2.01. The van der Waals surface area contributed by atoms with Crippen molar-refractivity contribution in [3.8, 4) is 27.7 Å². The summed E-state index contributed by atoms with van der Waals surface area (Å²) in [4.78, 5) is 15.6. The summed E-state index contributed by atoms with van der Waals surface area (Å²) in [5.41, 5.74) is 1.99. The van der Waals surface area contributed by atoms with E-state index in [2.05, 4.69) is 4.98 Å². The fourth-order valence-corrected chi connectivity index (χ4v) is 2.64. The molecule has 2 aromatic rings. The topological polar surface area (TPSA) is 77.9 Å². The predicted molar refractivity (Wildman–Crippen MR) is 74.2 cm³/mol. The van der Waals surface area contributed by atoms with Crippen LogP contribution in [0.4, 0.5) is 0 Å². The highest BCUT2D eigenvalue weighted by Gasteiger charge is 2.23. The molecule has 0 amide bonds. The van der Waals surface area contributed by atoms with Crippen LogP contribution in [0.5, 0.6) is 17.2 Å². The van der Waals surface area contributed by atoms with Gasteiger partial charge >= 0.3 is 5.97 Å². The molecule has 6 nitrogen and oxygen atoms in total. The Bertz CT molecular complexity index is 612. The first-order valence-electron chi connectivity index (χ1n) is 5.59. The molecule has 1 N–H and O–H groups in total. The third kappa shape index (κ3) is 2.39. The Morgan fingerprint density at radius 1 is 1.15 bits per heavy atom. The van der Waals surface area contributed by atoms with E-state index in [1.54, 1.807) is 12.1 Å². The molecule has 2 rings (SSSR count). The number of thiazole rings is 1. The van der Waals surface area contributed by atoms with E-state index in [4.69, 9.17) is 14.2 Å². The van der Waals surface area contributed by atoms with Crippen LogP contribution in [0.3, 0.4) is 0 Å². The number of rotatable bonds is 5. The summed E-state index contributed by atoms with van der Waals surface area (Å²) in [5, 5.41) is 9.18. The molecule has 0 aliphatic heterocycles. The van der Waals surface area contributed by atoms with Gasteiger partial charge < -0.3 is 19.3 Å². The number of hydrogen-bond donors (Lipinski definition) is 1. The SMILES string of the molecule is COc1cc(OC)c(-c2scnc2C(=O)O)c(OC)c1. The molecule has 0 radical (unpaired) electrons. The maximum atomic E-state index is 11.2. The van der Waals surface area contributed by atoms with Crippen LogP contribution in [0.25, 0.3) is 10.4 Å². The molecule has 0 bridgehead atoms. The molecule has 106 valence electrons. The Hall–Kier alpha value is -2.28. The van der Waals surface area contributed by atoms with Crippen molar-refractivity contribution in [3.05, 3.63) is 23.3 Å². The van der Waals surface area contributed by atoms with Gasteiger partial charge in [-0.2, -0.15) is 0 Å². The van der Waals surface area contributed by atoms with E-state index in [0.717, 1.165) is 0 Å². The van der Waals surface area contributed by atoms with Crippen LogP contribution in [0.1, 0.15) is 10.5 Å². The van der Waals surface area contributed by atoms with Crippen molar-refractivity contribution in [3.63, 3.8) is 0 Å². The van der Waals surface area contributed by atoms with Crippen molar-refractivity contribution in [1.82, 2.24) is 4.98 Å². The molecule has 0 saturated heterocycles. The largest absolute Gasteiger partial charge is 0.496 e. The lowest BCUT2D eigenvalue weighted by molar-refractivity contribution is 0.0692. The van der Waals surface area contributed by atoms with Gasteiger partial charge in [0.25, 0.3) is 0 Å². The molecule has 0 atom stereocenters. The van der Waals surface area contributed by atoms with Gasteiger partial charge in [-0.3, -0.25) is 0 Å². The second-order valence-corrected chi connectivity index (χ2v) is 4.60. The van der Waals surface area contributed by atoms with Gasteiger partial charge in [-0.05, 0) is 0 Å². The first kappa shape index (κ1) is 14.1. The summed E-state index contributed by atoms with van der Waals surface area (Å²) >= 11 is 1.21. The molecule has 1 heterocycles. The second-order valence-electron chi connectivity index (χ2n) is 3.74. The summed E-state index contributed by atoms with van der Waals surface area (Å²) in [5.74, 6) is 0.394. The highest BCUT2D eigenvalue weighted by Crippen LogP contribution is 2.44. The van der Waals surface area contributed by atoms with Gasteiger partial charge in [0.2, 0.25) is 0 Å². The van der Waals surface area contributed by atoms with Crippen LogP contribution in [-0.2, 0) is 0 Å². The molecule has 1 aromatic carbocycles. The number of aromatic carboxylic acids is 1. The molecular weight excluding hydrogens is 282 g/mol. The van der Waals surface area contributed by atoms with Crippen molar-refractivity contribution < 1.29 is 24.1 Å². The Labute approximate surface area is 119 Å². The first-order chi connectivity index (χ1) is 9.62. The van der Waals surface area contributed by atoms with E-state index in [0.29, 0.717) is 27.7 Å². The third-order valence-corrected chi connectivity index (χ3v) is 3.56. The summed E-state index contributed by atoms with van der Waals surface area (Å²) in [6.45, 7) is 0. The predicted octanol–water partition coefficient (Wildman–Crippen LogP) is 2.53. The molecule has 0 unspecified atom stereocenters. The van der Waals surface area contributed by atoms with E-state index < -0.39 is 5.97 Å². The van der Waals surface area contributed by atoms with Crippen LogP contribution in [0.15, 0.2) is 17.6 Å². The number of methoxy groups -OCH3 is 3. The van der Waals surface area contributed by atoms with Gasteiger partial charge in [0, 0.05) is 12.1 Å². The van der Waals surface area contributed by atoms with E-state index in [9.17, 15) is 9.90 Å². The number of aromatic nitrogens is 1. The van der Waals surface area contributed by atoms with E-state index in [1.807, 2.05) is 0 Å². The minimum atomic E-state index is -1.10. The van der Waals surface area contributed by atoms with Gasteiger partial charge in [0.15, 0.2) is 5.69 Å². The quantitative estimate of drug-likeness (QED) is 0.913. The highest BCUT2D eigenvalue weighted by molar-refractivity contribution is 7.13. The number of nitrogens with zero attached hydrogens (tertiary/aromatic N) is 1. The van der Waals surface area contributed by atoms with Crippen molar-refractivity contribution in [1.29, 1.82) is 0 Å². The van der Waals surface area contributed by atoms with Crippen LogP contribution in [-0.4, -0.2) is 37.4 Å². The number of carbonyl (C=O) groups is 1. The Kier molecular flexibility index (Phi) is 4.09. The van der Waals surface area contributed by atoms with Crippen molar-refractivity contribution >= 4 is 17.3 Å². The fourth-order valence-electron chi connectivity index (χ4n) is 1.81. The normalized spacial score (nSPS) is 10.2. The van der Waals surface area contributed by atoms with Crippen LogP contribution in [0.2, 0.25) is 0 Å². The number of ether oxygens (including phenoxy) is 3. The maximum absolute atomic E-state index is 11.2. The Morgan fingerprint density at radius 2 is 1.75 bits per heavy atom. The molecule has 1 aromatic heterocycles. The second kappa shape index (κ2) is 5.79. The molecule has 0 saturated carbocycles. The van der Waals surface area contributed by atoms with Crippen LogP contribution >= 0.6 is 11.3 Å². The van der Waals surface area contributed by atoms with Crippen LogP contribution < -0.4 is 14.2 Å². The smallest absolute Gasteiger partial charge is 0.356 e. The zero-order valence-electron chi connectivity index (χ0n) is 11.2. The molecule has 0 fully saturated rings. The molecule has 0 spiro atoms. The number of benzene rings is 1. The molecule has 7 heteroatoms. The fraction of sp³-hybridized carbons (Fsp3) is 0.231. The maximum Gasteiger partial charge on any atom is 0.356 e. The minimum absolute atomic E-state index is 0.0308. The molecule has 0 aliphatic rings. The average molecular weight is 295 g/mol. The van der Waals surface area contributed by atoms with Gasteiger partial charge in [-0.1, -0.05) is 0 Å². The van der Waals surface area contributed by atoms with Gasteiger partial charge in [0.1, 0.15) is 17.2 Å². The number of carboxylic acid groups (broad SMARTS) is 1. The molecular formula is C13H13NO5S. The standard InChI is InChI=1S/C13H13NO5S/c1-17-7-4-8(18-2)10(9(5-7)19-3)12-11(13(15)16)14-6-20-12/h4-6H,1-3H3,(H,15,16). The first-order valence-corrected chi connectivity index (χ1v) is 6.47. The lowest BCUT2D eigenvalue weighted by Gasteiger charge is -2.14. The number of carboxylic acids is 1. The summed E-state index contributed by atoms with van der Waals surface area (Å²) < 4.78 is 15.8. The van der Waals surface area contributed by atoms with Gasteiger partial charge in [0.05, 0.1) is 37.3 Å². The summed E-state index contributed by atoms with van der Waals surface area (Å²) in [6, 6.07) is 3.34. The number of hydrogen-bond acceptors (Lipinski definition) is 6. The van der Waals surface area contributed by atoms with Crippen LogP contribution in [0, 0.1) is 0 Å². The minimum Gasteiger partial charge on any atom is -0.496 e. The average Bonchev–Trinajstić information content (AvgIpc) is 2.94. The molecule has 0 aliphatic carbocycles. The summed E-state index contributed by atoms with van der Waals surface area (Å²) in [7, 11) is 4.53. The zero-order chi connectivity index (χ0) is 14.7. The van der Waals surface area contributed by atoms with E-state index in [-0.39, 0.29) is 5.69 Å². The lowest BCUT2D eigenvalue weighted by atomic mass is 10.1. The van der Waals surface area contributed by atoms with Crippen molar-refractivity contribution in [2.45, 2.75) is 0 Å². The highest BCUT2D eigenvalue weighted by atomic mass is 32.1. The Morgan fingerprint density at radius 3 is 2.20 bits per heavy atom. The zero-order valence-corrected chi connectivity index (χ0v) is 12.0. The van der Waals surface area contributed by atoms with E-state index >= 15 is 0 Å².